The van der Waals surface area contributed by atoms with Gasteiger partial charge in [0.05, 0.1) is 19.3 Å². The average molecular weight is 299 g/mol. The second-order valence-electron chi connectivity index (χ2n) is 6.80. The molecule has 0 aromatic rings. The molecule has 21 heavy (non-hydrogen) atoms. The summed E-state index contributed by atoms with van der Waals surface area (Å²) in [4.78, 5) is 16.3. The maximum Gasteiger partial charge on any atom is 0.410 e. The number of carbonyl (C=O) groups is 1. The van der Waals surface area contributed by atoms with Crippen LogP contribution in [0.4, 0.5) is 4.79 Å². The molecule has 1 atom stereocenters. The maximum atomic E-state index is 12.1. The number of ether oxygens (including phenoxy) is 2. The first kappa shape index (κ1) is 16.5. The molecule has 6 heteroatoms. The Hall–Kier alpha value is -0.850. The van der Waals surface area contributed by atoms with E-state index in [-0.39, 0.29) is 12.2 Å². The minimum absolute atomic E-state index is 0.126. The minimum Gasteiger partial charge on any atom is -0.444 e. The van der Waals surface area contributed by atoms with Crippen LogP contribution in [0.3, 0.4) is 0 Å². The van der Waals surface area contributed by atoms with Crippen molar-refractivity contribution < 1.29 is 14.3 Å². The molecule has 2 aliphatic rings. The normalized spacial score (nSPS) is 24.9. The van der Waals surface area contributed by atoms with Crippen LogP contribution in [-0.2, 0) is 9.47 Å². The summed E-state index contributed by atoms with van der Waals surface area (Å²) in [5, 5.41) is 3.35. The summed E-state index contributed by atoms with van der Waals surface area (Å²) in [6, 6.07) is 0. The molecular formula is C15H29N3O3. The molecule has 122 valence electrons. The number of rotatable bonds is 3. The summed E-state index contributed by atoms with van der Waals surface area (Å²) in [5.41, 5.74) is -0.439. The number of hydrogen-bond donors (Lipinski definition) is 1. The first-order valence-electron chi connectivity index (χ1n) is 7.97. The summed E-state index contributed by atoms with van der Waals surface area (Å²) < 4.78 is 11.2. The number of piperazine rings is 1. The Kier molecular flexibility index (Phi) is 5.84. The third-order valence-corrected chi connectivity index (χ3v) is 3.77. The highest BCUT2D eigenvalue weighted by molar-refractivity contribution is 5.68. The van der Waals surface area contributed by atoms with E-state index in [1.165, 1.54) is 0 Å². The number of morpholine rings is 1. The Morgan fingerprint density at radius 1 is 1.29 bits per heavy atom. The maximum absolute atomic E-state index is 12.1. The van der Waals surface area contributed by atoms with Gasteiger partial charge in [-0.25, -0.2) is 4.79 Å². The zero-order valence-corrected chi connectivity index (χ0v) is 13.6. The van der Waals surface area contributed by atoms with E-state index >= 15 is 0 Å². The van der Waals surface area contributed by atoms with E-state index in [0.717, 1.165) is 39.1 Å². The van der Waals surface area contributed by atoms with Crippen molar-refractivity contribution in [3.63, 3.8) is 0 Å². The zero-order valence-electron chi connectivity index (χ0n) is 13.6. The van der Waals surface area contributed by atoms with Crippen LogP contribution < -0.4 is 5.32 Å². The van der Waals surface area contributed by atoms with Crippen LogP contribution in [0.1, 0.15) is 27.2 Å². The van der Waals surface area contributed by atoms with Crippen molar-refractivity contribution in [2.75, 3.05) is 52.4 Å². The molecule has 1 amide bonds. The van der Waals surface area contributed by atoms with Gasteiger partial charge in [0, 0.05) is 39.3 Å². The third kappa shape index (κ3) is 5.80. The molecule has 0 aromatic heterocycles. The average Bonchev–Trinajstić information content (AvgIpc) is 2.45. The van der Waals surface area contributed by atoms with Gasteiger partial charge in [0.25, 0.3) is 0 Å². The Balaban J connectivity index is 1.73. The van der Waals surface area contributed by atoms with Gasteiger partial charge in [-0.3, -0.25) is 0 Å². The fraction of sp³-hybridized carbons (Fsp3) is 0.933. The molecule has 0 aromatic carbocycles. The van der Waals surface area contributed by atoms with Gasteiger partial charge in [-0.05, 0) is 27.2 Å². The van der Waals surface area contributed by atoms with Crippen LogP contribution in [0.2, 0.25) is 0 Å². The molecule has 1 unspecified atom stereocenters. The first-order chi connectivity index (χ1) is 9.94. The van der Waals surface area contributed by atoms with E-state index in [0.29, 0.717) is 19.7 Å². The van der Waals surface area contributed by atoms with E-state index in [4.69, 9.17) is 9.47 Å². The summed E-state index contributed by atoms with van der Waals surface area (Å²) >= 11 is 0. The molecule has 0 saturated carbocycles. The van der Waals surface area contributed by atoms with Gasteiger partial charge in [0.15, 0.2) is 0 Å². The van der Waals surface area contributed by atoms with Crippen molar-refractivity contribution in [2.45, 2.75) is 38.9 Å². The smallest absolute Gasteiger partial charge is 0.410 e. The summed E-state index contributed by atoms with van der Waals surface area (Å²) in [6.07, 6.45) is 0.873. The second-order valence-corrected chi connectivity index (χ2v) is 6.80. The van der Waals surface area contributed by atoms with E-state index in [1.807, 2.05) is 20.8 Å². The fourth-order valence-corrected chi connectivity index (χ4v) is 2.65. The molecule has 0 aliphatic carbocycles. The molecule has 2 aliphatic heterocycles. The van der Waals surface area contributed by atoms with Gasteiger partial charge in [0.1, 0.15) is 5.60 Å². The molecule has 2 heterocycles. The monoisotopic (exact) mass is 299 g/mol. The molecule has 2 saturated heterocycles. The number of nitrogens with one attached hydrogen (secondary N) is 1. The van der Waals surface area contributed by atoms with Gasteiger partial charge >= 0.3 is 6.09 Å². The van der Waals surface area contributed by atoms with E-state index in [2.05, 4.69) is 10.2 Å². The van der Waals surface area contributed by atoms with Crippen LogP contribution in [0.5, 0.6) is 0 Å². The van der Waals surface area contributed by atoms with Crippen LogP contribution in [0.15, 0.2) is 0 Å². The lowest BCUT2D eigenvalue weighted by molar-refractivity contribution is -0.0470. The predicted molar refractivity (Wildman–Crippen MR) is 81.5 cm³/mol. The Morgan fingerprint density at radius 2 is 2.00 bits per heavy atom. The second kappa shape index (κ2) is 7.42. The molecular weight excluding hydrogens is 270 g/mol. The molecule has 0 radical (unpaired) electrons. The van der Waals surface area contributed by atoms with Gasteiger partial charge < -0.3 is 24.6 Å². The lowest BCUT2D eigenvalue weighted by Gasteiger charge is -2.35. The highest BCUT2D eigenvalue weighted by atomic mass is 16.6. The third-order valence-electron chi connectivity index (χ3n) is 3.77. The van der Waals surface area contributed by atoms with Crippen molar-refractivity contribution in [3.05, 3.63) is 0 Å². The van der Waals surface area contributed by atoms with E-state index < -0.39 is 5.60 Å². The van der Waals surface area contributed by atoms with E-state index in [9.17, 15) is 4.79 Å². The lowest BCUT2D eigenvalue weighted by atomic mass is 10.2. The summed E-state index contributed by atoms with van der Waals surface area (Å²) in [7, 11) is 0. The van der Waals surface area contributed by atoms with Crippen molar-refractivity contribution in [1.29, 1.82) is 0 Å². The van der Waals surface area contributed by atoms with Gasteiger partial charge in [-0.2, -0.15) is 0 Å². The van der Waals surface area contributed by atoms with Crippen LogP contribution in [0.25, 0.3) is 0 Å². The molecule has 2 rings (SSSR count). The fourth-order valence-electron chi connectivity index (χ4n) is 2.65. The zero-order chi connectivity index (χ0) is 15.3. The van der Waals surface area contributed by atoms with Crippen molar-refractivity contribution in [2.24, 2.45) is 0 Å². The molecule has 2 fully saturated rings. The number of carbonyl (C=O) groups excluding carboxylic acids is 1. The number of amides is 1. The van der Waals surface area contributed by atoms with E-state index in [1.54, 1.807) is 4.90 Å². The van der Waals surface area contributed by atoms with Gasteiger partial charge in [0.2, 0.25) is 0 Å². The lowest BCUT2D eigenvalue weighted by Crippen LogP contribution is -2.49. The topological polar surface area (TPSA) is 54.0 Å². The van der Waals surface area contributed by atoms with Crippen molar-refractivity contribution in [1.82, 2.24) is 15.1 Å². The predicted octanol–water partition coefficient (Wildman–Crippen LogP) is 0.918. The number of hydrogen-bond acceptors (Lipinski definition) is 5. The molecule has 6 nitrogen and oxygen atoms in total. The molecule has 0 spiro atoms. The van der Waals surface area contributed by atoms with Crippen LogP contribution in [-0.4, -0.2) is 80.0 Å². The number of nitrogens with zero attached hydrogens (tertiary/aromatic N) is 2. The highest BCUT2D eigenvalue weighted by Gasteiger charge is 2.28. The Bertz CT molecular complexity index is 338. The summed E-state index contributed by atoms with van der Waals surface area (Å²) in [6.45, 7) is 12.9. The van der Waals surface area contributed by atoms with Crippen molar-refractivity contribution >= 4 is 6.09 Å². The van der Waals surface area contributed by atoms with Gasteiger partial charge in [-0.15, -0.1) is 0 Å². The van der Waals surface area contributed by atoms with Crippen LogP contribution >= 0.6 is 0 Å². The SMILES string of the molecule is CC(C)(C)OC(=O)N1CCOC(CCN2CCNCC2)C1. The largest absolute Gasteiger partial charge is 0.444 e. The Labute approximate surface area is 127 Å². The standard InChI is InChI=1S/C15H29N3O3/c1-15(2,3)21-14(19)18-10-11-20-13(12-18)4-7-17-8-5-16-6-9-17/h13,16H,4-12H2,1-3H3. The van der Waals surface area contributed by atoms with Crippen molar-refractivity contribution in [3.8, 4) is 0 Å². The minimum atomic E-state index is -0.439. The quantitative estimate of drug-likeness (QED) is 0.840. The Morgan fingerprint density at radius 3 is 2.67 bits per heavy atom. The molecule has 0 bridgehead atoms. The first-order valence-corrected chi connectivity index (χ1v) is 7.97. The van der Waals surface area contributed by atoms with Crippen LogP contribution in [0, 0.1) is 0 Å². The summed E-state index contributed by atoms with van der Waals surface area (Å²) in [5.74, 6) is 0. The highest BCUT2D eigenvalue weighted by Crippen LogP contribution is 2.14. The molecule has 1 N–H and O–H groups in total. The van der Waals surface area contributed by atoms with Gasteiger partial charge in [-0.1, -0.05) is 0 Å².